The lowest BCUT2D eigenvalue weighted by molar-refractivity contribution is -0.107. The van der Waals surface area contributed by atoms with E-state index in [4.69, 9.17) is 9.47 Å². The number of ether oxygens (including phenoxy) is 2. The fourth-order valence-corrected chi connectivity index (χ4v) is 1.92. The minimum absolute atomic E-state index is 0.0303. The first-order chi connectivity index (χ1) is 6.18. The summed E-state index contributed by atoms with van der Waals surface area (Å²) in [6, 6.07) is 0. The molecule has 1 fully saturated rings. The molecular formula is C11H22O2. The van der Waals surface area contributed by atoms with Gasteiger partial charge in [0.1, 0.15) is 0 Å². The molecule has 0 unspecified atom stereocenters. The molecular weight excluding hydrogens is 164 g/mol. The van der Waals surface area contributed by atoms with Gasteiger partial charge in [-0.05, 0) is 26.7 Å². The van der Waals surface area contributed by atoms with Gasteiger partial charge in [0, 0.05) is 7.11 Å². The van der Waals surface area contributed by atoms with Gasteiger partial charge in [0.25, 0.3) is 0 Å². The first kappa shape index (κ1) is 11.0. The van der Waals surface area contributed by atoms with Crippen LogP contribution in [0.2, 0.25) is 0 Å². The van der Waals surface area contributed by atoms with Crippen molar-refractivity contribution in [2.24, 2.45) is 0 Å². The normalized spacial score (nSPS) is 22.2. The summed E-state index contributed by atoms with van der Waals surface area (Å²) in [4.78, 5) is 0. The van der Waals surface area contributed by atoms with E-state index in [1.807, 2.05) is 7.11 Å². The van der Waals surface area contributed by atoms with E-state index in [9.17, 15) is 0 Å². The van der Waals surface area contributed by atoms with Gasteiger partial charge in [-0.1, -0.05) is 19.3 Å². The van der Waals surface area contributed by atoms with Gasteiger partial charge in [0.2, 0.25) is 0 Å². The maximum Gasteiger partial charge on any atom is 0.0911 e. The summed E-state index contributed by atoms with van der Waals surface area (Å²) in [7, 11) is 1.81. The van der Waals surface area contributed by atoms with Gasteiger partial charge in [-0.2, -0.15) is 0 Å². The van der Waals surface area contributed by atoms with Crippen molar-refractivity contribution in [3.05, 3.63) is 0 Å². The highest BCUT2D eigenvalue weighted by atomic mass is 16.5. The largest absolute Gasteiger partial charge is 0.376 e. The molecule has 2 heteroatoms. The van der Waals surface area contributed by atoms with Crippen LogP contribution in [0, 0.1) is 0 Å². The maximum atomic E-state index is 5.65. The molecule has 0 atom stereocenters. The lowest BCUT2D eigenvalue weighted by atomic mass is 9.85. The Balaban J connectivity index is 2.38. The second kappa shape index (κ2) is 4.97. The highest BCUT2D eigenvalue weighted by Gasteiger charge is 2.32. The Bertz CT molecular complexity index is 137. The molecule has 1 aliphatic carbocycles. The first-order valence-corrected chi connectivity index (χ1v) is 5.35. The molecule has 0 aromatic heterocycles. The molecule has 0 spiro atoms. The van der Waals surface area contributed by atoms with Crippen molar-refractivity contribution >= 4 is 0 Å². The second-order valence-electron chi connectivity index (χ2n) is 4.31. The monoisotopic (exact) mass is 186 g/mol. The van der Waals surface area contributed by atoms with Crippen LogP contribution in [0.1, 0.15) is 46.0 Å². The SMILES string of the molecule is COC1(COC(C)C)CCCCC1. The van der Waals surface area contributed by atoms with E-state index in [0.29, 0.717) is 6.10 Å². The zero-order chi connectivity index (χ0) is 9.73. The van der Waals surface area contributed by atoms with Gasteiger partial charge in [0.05, 0.1) is 18.3 Å². The zero-order valence-corrected chi connectivity index (χ0v) is 9.14. The molecule has 78 valence electrons. The van der Waals surface area contributed by atoms with Crippen molar-refractivity contribution in [2.75, 3.05) is 13.7 Å². The standard InChI is InChI=1S/C11H22O2/c1-10(2)13-9-11(12-3)7-5-4-6-8-11/h10H,4-9H2,1-3H3. The van der Waals surface area contributed by atoms with Crippen LogP contribution in [0.4, 0.5) is 0 Å². The van der Waals surface area contributed by atoms with Crippen LogP contribution in [-0.4, -0.2) is 25.4 Å². The van der Waals surface area contributed by atoms with Crippen LogP contribution in [0.25, 0.3) is 0 Å². The summed E-state index contributed by atoms with van der Waals surface area (Å²) in [5.74, 6) is 0. The van der Waals surface area contributed by atoms with Gasteiger partial charge in [0.15, 0.2) is 0 Å². The van der Waals surface area contributed by atoms with Crippen LogP contribution in [0.15, 0.2) is 0 Å². The Hall–Kier alpha value is -0.0800. The van der Waals surface area contributed by atoms with Gasteiger partial charge >= 0.3 is 0 Å². The van der Waals surface area contributed by atoms with Crippen molar-refractivity contribution in [2.45, 2.75) is 57.7 Å². The molecule has 0 aromatic carbocycles. The number of hydrogen-bond acceptors (Lipinski definition) is 2. The number of hydrogen-bond donors (Lipinski definition) is 0. The van der Waals surface area contributed by atoms with E-state index >= 15 is 0 Å². The van der Waals surface area contributed by atoms with Crippen molar-refractivity contribution in [3.63, 3.8) is 0 Å². The fraction of sp³-hybridized carbons (Fsp3) is 1.00. The van der Waals surface area contributed by atoms with E-state index < -0.39 is 0 Å². The van der Waals surface area contributed by atoms with Gasteiger partial charge in [-0.3, -0.25) is 0 Å². The van der Waals surface area contributed by atoms with Gasteiger partial charge in [-0.25, -0.2) is 0 Å². The Kier molecular flexibility index (Phi) is 4.20. The molecule has 0 bridgehead atoms. The average Bonchev–Trinajstić information content (AvgIpc) is 2.16. The van der Waals surface area contributed by atoms with E-state index in [1.54, 1.807) is 0 Å². The molecule has 0 N–H and O–H groups in total. The summed E-state index contributed by atoms with van der Waals surface area (Å²) in [5, 5.41) is 0. The summed E-state index contributed by atoms with van der Waals surface area (Å²) in [6.45, 7) is 4.92. The molecule has 0 amide bonds. The third kappa shape index (κ3) is 3.28. The lowest BCUT2D eigenvalue weighted by Crippen LogP contribution is -2.39. The highest BCUT2D eigenvalue weighted by Crippen LogP contribution is 2.31. The van der Waals surface area contributed by atoms with Crippen LogP contribution in [0.5, 0.6) is 0 Å². The Morgan fingerprint density at radius 1 is 1.15 bits per heavy atom. The molecule has 2 nitrogen and oxygen atoms in total. The molecule has 0 saturated heterocycles. The third-order valence-corrected chi connectivity index (χ3v) is 2.88. The Labute approximate surface area is 81.6 Å². The summed E-state index contributed by atoms with van der Waals surface area (Å²) >= 11 is 0. The zero-order valence-electron chi connectivity index (χ0n) is 9.14. The van der Waals surface area contributed by atoms with Crippen molar-refractivity contribution < 1.29 is 9.47 Å². The molecule has 0 heterocycles. The average molecular weight is 186 g/mol. The minimum atomic E-state index is 0.0303. The first-order valence-electron chi connectivity index (χ1n) is 5.35. The van der Waals surface area contributed by atoms with E-state index in [2.05, 4.69) is 13.8 Å². The number of methoxy groups -OCH3 is 1. The van der Waals surface area contributed by atoms with Crippen LogP contribution in [0.3, 0.4) is 0 Å². The molecule has 0 aromatic rings. The highest BCUT2D eigenvalue weighted by molar-refractivity contribution is 4.84. The molecule has 1 saturated carbocycles. The van der Waals surface area contributed by atoms with E-state index in [0.717, 1.165) is 19.4 Å². The van der Waals surface area contributed by atoms with Crippen molar-refractivity contribution in [1.29, 1.82) is 0 Å². The van der Waals surface area contributed by atoms with Crippen LogP contribution < -0.4 is 0 Å². The van der Waals surface area contributed by atoms with Crippen molar-refractivity contribution in [3.8, 4) is 0 Å². The maximum absolute atomic E-state index is 5.65. The fourth-order valence-electron chi connectivity index (χ4n) is 1.92. The summed E-state index contributed by atoms with van der Waals surface area (Å²) in [5.41, 5.74) is 0.0303. The van der Waals surface area contributed by atoms with Gasteiger partial charge in [-0.15, -0.1) is 0 Å². The summed E-state index contributed by atoms with van der Waals surface area (Å²) < 4.78 is 11.3. The Morgan fingerprint density at radius 2 is 1.77 bits per heavy atom. The quantitative estimate of drug-likeness (QED) is 0.672. The topological polar surface area (TPSA) is 18.5 Å². The summed E-state index contributed by atoms with van der Waals surface area (Å²) in [6.07, 6.45) is 6.57. The lowest BCUT2D eigenvalue weighted by Gasteiger charge is -2.36. The molecule has 1 rings (SSSR count). The predicted molar refractivity (Wildman–Crippen MR) is 53.9 cm³/mol. The molecule has 0 radical (unpaired) electrons. The minimum Gasteiger partial charge on any atom is -0.376 e. The van der Waals surface area contributed by atoms with Crippen LogP contribution in [-0.2, 0) is 9.47 Å². The number of rotatable bonds is 4. The van der Waals surface area contributed by atoms with E-state index in [-0.39, 0.29) is 5.60 Å². The molecule has 1 aliphatic rings. The second-order valence-corrected chi connectivity index (χ2v) is 4.31. The Morgan fingerprint density at radius 3 is 2.23 bits per heavy atom. The molecule has 0 aliphatic heterocycles. The predicted octanol–water partition coefficient (Wildman–Crippen LogP) is 2.76. The van der Waals surface area contributed by atoms with Gasteiger partial charge < -0.3 is 9.47 Å². The van der Waals surface area contributed by atoms with Crippen LogP contribution >= 0.6 is 0 Å². The molecule has 13 heavy (non-hydrogen) atoms. The third-order valence-electron chi connectivity index (χ3n) is 2.88. The smallest absolute Gasteiger partial charge is 0.0911 e. The van der Waals surface area contributed by atoms with E-state index in [1.165, 1.54) is 19.3 Å². The van der Waals surface area contributed by atoms with Crippen molar-refractivity contribution in [1.82, 2.24) is 0 Å².